The Kier molecular flexibility index (Phi) is 6.24. The van der Waals surface area contributed by atoms with Crippen molar-refractivity contribution in [2.45, 2.75) is 32.4 Å². The van der Waals surface area contributed by atoms with Crippen LogP contribution in [0, 0.1) is 5.82 Å². The third-order valence-electron chi connectivity index (χ3n) is 2.63. The Morgan fingerprint density at radius 3 is 2.79 bits per heavy atom. The number of halogens is 2. The third-order valence-corrected chi connectivity index (χ3v) is 3.25. The summed E-state index contributed by atoms with van der Waals surface area (Å²) in [6.45, 7) is 3.34. The van der Waals surface area contributed by atoms with Crippen LogP contribution in [0.25, 0.3) is 0 Å². The van der Waals surface area contributed by atoms with E-state index in [0.29, 0.717) is 16.6 Å². The van der Waals surface area contributed by atoms with Crippen LogP contribution in [0.1, 0.15) is 20.3 Å². The molecular formula is C13H17BrFNO3. The van der Waals surface area contributed by atoms with Crippen molar-refractivity contribution in [1.29, 1.82) is 0 Å². The summed E-state index contributed by atoms with van der Waals surface area (Å²) >= 11 is 3.17. The molecule has 0 bridgehead atoms. The summed E-state index contributed by atoms with van der Waals surface area (Å²) in [6.07, 6.45) is -0.0998. The molecule has 1 rings (SSSR count). The molecule has 0 heterocycles. The van der Waals surface area contributed by atoms with E-state index in [1.807, 2.05) is 6.92 Å². The second-order valence-electron chi connectivity index (χ2n) is 4.13. The number of carbonyl (C=O) groups is 1. The van der Waals surface area contributed by atoms with Gasteiger partial charge in [-0.2, -0.15) is 0 Å². The Morgan fingerprint density at radius 1 is 1.58 bits per heavy atom. The zero-order valence-corrected chi connectivity index (χ0v) is 12.4. The highest BCUT2D eigenvalue weighted by Crippen LogP contribution is 2.26. The Bertz CT molecular complexity index is 438. The molecule has 0 saturated carbocycles. The number of rotatable bonds is 6. The zero-order valence-electron chi connectivity index (χ0n) is 10.8. The minimum absolute atomic E-state index is 0.116. The monoisotopic (exact) mass is 333 g/mol. The maximum Gasteiger partial charge on any atom is 0.261 e. The number of aliphatic hydroxyl groups excluding tert-OH is 1. The molecule has 0 aromatic heterocycles. The summed E-state index contributed by atoms with van der Waals surface area (Å²) in [7, 11) is 0. The van der Waals surface area contributed by atoms with Crippen LogP contribution < -0.4 is 10.1 Å². The quantitative estimate of drug-likeness (QED) is 0.839. The third kappa shape index (κ3) is 4.80. The summed E-state index contributed by atoms with van der Waals surface area (Å²) in [5, 5.41) is 11.7. The highest BCUT2D eigenvalue weighted by molar-refractivity contribution is 9.10. The van der Waals surface area contributed by atoms with Crippen LogP contribution in [0.15, 0.2) is 22.7 Å². The summed E-state index contributed by atoms with van der Waals surface area (Å²) < 4.78 is 18.8. The second kappa shape index (κ2) is 7.45. The van der Waals surface area contributed by atoms with Crippen molar-refractivity contribution in [1.82, 2.24) is 5.32 Å². The van der Waals surface area contributed by atoms with E-state index >= 15 is 0 Å². The van der Waals surface area contributed by atoms with Crippen molar-refractivity contribution >= 4 is 21.8 Å². The fraction of sp³-hybridized carbons (Fsp3) is 0.462. The molecule has 1 aromatic carbocycles. The maximum absolute atomic E-state index is 12.9. The molecule has 2 atom stereocenters. The van der Waals surface area contributed by atoms with E-state index in [9.17, 15) is 9.18 Å². The standard InChI is InChI=1S/C13H17BrFNO3/c1-3-10(7-17)16-13(18)8(2)19-12-5-4-9(15)6-11(12)14/h4-6,8,10,17H,3,7H2,1-2H3,(H,16,18). The molecule has 1 aromatic rings. The molecule has 4 nitrogen and oxygen atoms in total. The summed E-state index contributed by atoms with van der Waals surface area (Å²) in [5.41, 5.74) is 0. The first-order valence-electron chi connectivity index (χ1n) is 6.00. The molecule has 0 aliphatic heterocycles. The van der Waals surface area contributed by atoms with E-state index in [1.165, 1.54) is 18.2 Å². The minimum atomic E-state index is -0.734. The van der Waals surface area contributed by atoms with Crippen molar-refractivity contribution in [3.8, 4) is 5.75 Å². The van der Waals surface area contributed by atoms with Crippen molar-refractivity contribution in [3.63, 3.8) is 0 Å². The Morgan fingerprint density at radius 2 is 2.26 bits per heavy atom. The van der Waals surface area contributed by atoms with E-state index < -0.39 is 6.10 Å². The molecule has 106 valence electrons. The molecule has 6 heteroatoms. The van der Waals surface area contributed by atoms with E-state index in [1.54, 1.807) is 6.92 Å². The zero-order chi connectivity index (χ0) is 14.4. The fourth-order valence-electron chi connectivity index (χ4n) is 1.41. The lowest BCUT2D eigenvalue weighted by Gasteiger charge is -2.19. The molecule has 0 radical (unpaired) electrons. The number of aliphatic hydroxyl groups is 1. The van der Waals surface area contributed by atoms with Gasteiger partial charge in [-0.05, 0) is 47.5 Å². The van der Waals surface area contributed by atoms with Gasteiger partial charge in [0.15, 0.2) is 6.10 Å². The number of ether oxygens (including phenoxy) is 1. The van der Waals surface area contributed by atoms with Crippen LogP contribution in [0.3, 0.4) is 0 Å². The van der Waals surface area contributed by atoms with Gasteiger partial charge in [-0.15, -0.1) is 0 Å². The van der Waals surface area contributed by atoms with Crippen molar-refractivity contribution < 1.29 is 19.0 Å². The average molecular weight is 334 g/mol. The van der Waals surface area contributed by atoms with Crippen LogP contribution in [0.2, 0.25) is 0 Å². The molecule has 2 N–H and O–H groups in total. The van der Waals surface area contributed by atoms with E-state index in [2.05, 4.69) is 21.2 Å². The average Bonchev–Trinajstić information content (AvgIpc) is 2.38. The predicted molar refractivity (Wildman–Crippen MR) is 73.5 cm³/mol. The van der Waals surface area contributed by atoms with Gasteiger partial charge in [0.25, 0.3) is 5.91 Å². The number of amides is 1. The molecule has 0 aliphatic rings. The first-order valence-corrected chi connectivity index (χ1v) is 6.80. The van der Waals surface area contributed by atoms with Gasteiger partial charge in [0.05, 0.1) is 17.1 Å². The molecule has 0 spiro atoms. The number of nitrogens with one attached hydrogen (secondary N) is 1. The van der Waals surface area contributed by atoms with Gasteiger partial charge < -0.3 is 15.2 Å². The second-order valence-corrected chi connectivity index (χ2v) is 4.99. The molecular weight excluding hydrogens is 317 g/mol. The van der Waals surface area contributed by atoms with Gasteiger partial charge in [-0.1, -0.05) is 6.92 Å². The van der Waals surface area contributed by atoms with E-state index in [-0.39, 0.29) is 24.4 Å². The topological polar surface area (TPSA) is 58.6 Å². The van der Waals surface area contributed by atoms with Crippen LogP contribution >= 0.6 is 15.9 Å². The number of hydrogen-bond donors (Lipinski definition) is 2. The lowest BCUT2D eigenvalue weighted by atomic mass is 10.2. The van der Waals surface area contributed by atoms with Gasteiger partial charge in [0.2, 0.25) is 0 Å². The molecule has 19 heavy (non-hydrogen) atoms. The van der Waals surface area contributed by atoms with Crippen LogP contribution in [-0.4, -0.2) is 29.8 Å². The first-order chi connectivity index (χ1) is 8.97. The SMILES string of the molecule is CCC(CO)NC(=O)C(C)Oc1ccc(F)cc1Br. The Balaban J connectivity index is 2.63. The maximum atomic E-state index is 12.9. The fourth-order valence-corrected chi connectivity index (χ4v) is 1.85. The Labute approximate surface area is 120 Å². The van der Waals surface area contributed by atoms with Crippen molar-refractivity contribution in [2.24, 2.45) is 0 Å². The number of carbonyl (C=O) groups excluding carboxylic acids is 1. The lowest BCUT2D eigenvalue weighted by molar-refractivity contribution is -0.128. The van der Waals surface area contributed by atoms with Crippen molar-refractivity contribution in [2.75, 3.05) is 6.61 Å². The smallest absolute Gasteiger partial charge is 0.261 e. The van der Waals surface area contributed by atoms with Crippen LogP contribution in [0.4, 0.5) is 4.39 Å². The van der Waals surface area contributed by atoms with Gasteiger partial charge in [-0.25, -0.2) is 4.39 Å². The van der Waals surface area contributed by atoms with Gasteiger partial charge >= 0.3 is 0 Å². The van der Waals surface area contributed by atoms with E-state index in [0.717, 1.165) is 0 Å². The van der Waals surface area contributed by atoms with Crippen LogP contribution in [0.5, 0.6) is 5.75 Å². The lowest BCUT2D eigenvalue weighted by Crippen LogP contribution is -2.43. The van der Waals surface area contributed by atoms with Gasteiger partial charge in [0.1, 0.15) is 11.6 Å². The van der Waals surface area contributed by atoms with Crippen LogP contribution in [-0.2, 0) is 4.79 Å². The largest absolute Gasteiger partial charge is 0.480 e. The summed E-state index contributed by atoms with van der Waals surface area (Å²) in [4.78, 5) is 11.8. The molecule has 0 aliphatic carbocycles. The first kappa shape index (κ1) is 15.9. The highest BCUT2D eigenvalue weighted by Gasteiger charge is 2.18. The van der Waals surface area contributed by atoms with Gasteiger partial charge in [0, 0.05) is 0 Å². The number of benzene rings is 1. The van der Waals surface area contributed by atoms with Crippen molar-refractivity contribution in [3.05, 3.63) is 28.5 Å². The number of hydrogen-bond acceptors (Lipinski definition) is 3. The molecule has 0 saturated heterocycles. The summed E-state index contributed by atoms with van der Waals surface area (Å²) in [6, 6.07) is 3.69. The molecule has 0 fully saturated rings. The normalized spacial score (nSPS) is 13.7. The highest BCUT2D eigenvalue weighted by atomic mass is 79.9. The van der Waals surface area contributed by atoms with Gasteiger partial charge in [-0.3, -0.25) is 4.79 Å². The summed E-state index contributed by atoms with van der Waals surface area (Å²) in [5.74, 6) is -0.319. The Hall–Kier alpha value is -1.14. The van der Waals surface area contributed by atoms with E-state index in [4.69, 9.17) is 9.84 Å². The minimum Gasteiger partial charge on any atom is -0.480 e. The molecule has 1 amide bonds. The molecule has 2 unspecified atom stereocenters. The predicted octanol–water partition coefficient (Wildman–Crippen LogP) is 2.24.